The number of carbonyl (C=O) groups excluding carboxylic acids is 1. The van der Waals surface area contributed by atoms with Gasteiger partial charge in [-0.15, -0.1) is 21.5 Å². The van der Waals surface area contributed by atoms with E-state index in [9.17, 15) is 4.79 Å². The first kappa shape index (κ1) is 20.0. The lowest BCUT2D eigenvalue weighted by atomic mass is 9.85. The van der Waals surface area contributed by atoms with Crippen molar-refractivity contribution in [2.45, 2.75) is 38.3 Å². The van der Waals surface area contributed by atoms with E-state index in [2.05, 4.69) is 26.1 Å². The number of carbonyl (C=O) groups is 1. The zero-order chi connectivity index (χ0) is 20.4. The predicted molar refractivity (Wildman–Crippen MR) is 117 cm³/mol. The molecule has 2 aromatic carbocycles. The zero-order valence-electron chi connectivity index (χ0n) is 16.3. The molecule has 4 rings (SSSR count). The molecule has 0 N–H and O–H groups in total. The number of aromatic nitrogens is 2. The average Bonchev–Trinajstić information content (AvgIpc) is 3.13. The third kappa shape index (κ3) is 4.21. The first-order valence-corrected chi connectivity index (χ1v) is 11.2. The molecule has 1 unspecified atom stereocenters. The Kier molecular flexibility index (Phi) is 5.69. The zero-order valence-corrected chi connectivity index (χ0v) is 18.7. The summed E-state index contributed by atoms with van der Waals surface area (Å²) in [6, 6.07) is 18.0. The van der Waals surface area contributed by atoms with E-state index >= 15 is 0 Å². The molecule has 29 heavy (non-hydrogen) atoms. The Morgan fingerprint density at radius 1 is 1.17 bits per heavy atom. The van der Waals surface area contributed by atoms with Crippen LogP contribution in [-0.2, 0) is 16.8 Å². The minimum atomic E-state index is -0.722. The molecule has 0 radical (unpaired) electrons. The minimum absolute atomic E-state index is 0.0619. The molecule has 150 valence electrons. The Bertz CT molecular complexity index is 993. The minimum Gasteiger partial charge on any atom is -0.437 e. The van der Waals surface area contributed by atoms with E-state index < -0.39 is 5.60 Å². The normalized spacial score (nSPS) is 20.4. The summed E-state index contributed by atoms with van der Waals surface area (Å²) >= 11 is 5.01. The molecule has 2 atom stereocenters. The number of hydrogen-bond acceptors (Lipinski definition) is 5. The van der Waals surface area contributed by atoms with Gasteiger partial charge < -0.3 is 9.64 Å². The third-order valence-electron chi connectivity index (χ3n) is 5.40. The van der Waals surface area contributed by atoms with Crippen molar-refractivity contribution in [2.75, 3.05) is 6.54 Å². The molecular weight excluding hydrogens is 450 g/mol. The second-order valence-corrected chi connectivity index (χ2v) is 9.47. The molecule has 1 saturated heterocycles. The summed E-state index contributed by atoms with van der Waals surface area (Å²) in [7, 11) is 0. The second kappa shape index (κ2) is 8.24. The van der Waals surface area contributed by atoms with Crippen molar-refractivity contribution in [3.8, 4) is 0 Å². The molecule has 1 amide bonds. The molecule has 0 aliphatic carbocycles. The van der Waals surface area contributed by atoms with Gasteiger partial charge in [-0.2, -0.15) is 0 Å². The van der Waals surface area contributed by atoms with Crippen molar-refractivity contribution in [1.29, 1.82) is 0 Å². The van der Waals surface area contributed by atoms with Crippen molar-refractivity contribution >= 4 is 33.4 Å². The van der Waals surface area contributed by atoms with E-state index in [0.717, 1.165) is 25.6 Å². The van der Waals surface area contributed by atoms with Gasteiger partial charge in [0.2, 0.25) is 0 Å². The molecule has 2 heterocycles. The van der Waals surface area contributed by atoms with Crippen LogP contribution < -0.4 is 0 Å². The topological polar surface area (TPSA) is 55.3 Å². The average molecular weight is 472 g/mol. The second-order valence-electron chi connectivity index (χ2n) is 7.29. The number of ether oxygens (including phenoxy) is 1. The maximum Gasteiger partial charge on any atom is 0.411 e. The molecule has 1 fully saturated rings. The number of hydrogen-bond donors (Lipinski definition) is 0. The van der Waals surface area contributed by atoms with E-state index in [1.54, 1.807) is 16.2 Å². The molecule has 1 aliphatic heterocycles. The lowest BCUT2D eigenvalue weighted by molar-refractivity contribution is -0.0605. The third-order valence-corrected chi connectivity index (χ3v) is 6.77. The predicted octanol–water partition coefficient (Wildman–Crippen LogP) is 5.65. The standard InChI is InChI=1S/C22H22BrN3O2S/c1-15(17-8-10-19(23)11-9-17)26-13-12-22(28-21(26)27,18-6-4-3-5-7-18)14-20-25-24-16(2)29-20/h3-11,15H,12-14H2,1-2H3/t15-,22?/m0/s1. The molecule has 0 spiro atoms. The summed E-state index contributed by atoms with van der Waals surface area (Å²) in [6.07, 6.45) is 0.938. The molecule has 0 saturated carbocycles. The number of nitrogens with zero attached hydrogens (tertiary/aromatic N) is 3. The summed E-state index contributed by atoms with van der Waals surface area (Å²) in [5, 5.41) is 10.2. The number of amides is 1. The molecule has 0 bridgehead atoms. The lowest BCUT2D eigenvalue weighted by Gasteiger charge is -2.43. The van der Waals surface area contributed by atoms with Crippen LogP contribution in [0.2, 0.25) is 0 Å². The number of benzene rings is 2. The smallest absolute Gasteiger partial charge is 0.411 e. The SMILES string of the molecule is Cc1nnc(CC2(c3ccccc3)CCN([C@@H](C)c3ccc(Br)cc3)C(=O)O2)s1. The van der Waals surface area contributed by atoms with Crippen molar-refractivity contribution in [3.63, 3.8) is 0 Å². The van der Waals surface area contributed by atoms with Gasteiger partial charge in [0.25, 0.3) is 0 Å². The van der Waals surface area contributed by atoms with Crippen LogP contribution in [0.15, 0.2) is 59.1 Å². The Hall–Kier alpha value is -2.25. The molecular formula is C22H22BrN3O2S. The Labute approximate surface area is 182 Å². The highest BCUT2D eigenvalue weighted by molar-refractivity contribution is 9.10. The van der Waals surface area contributed by atoms with Crippen molar-refractivity contribution in [1.82, 2.24) is 15.1 Å². The van der Waals surface area contributed by atoms with E-state index in [4.69, 9.17) is 4.74 Å². The van der Waals surface area contributed by atoms with Gasteiger partial charge in [0.05, 0.1) is 6.04 Å². The van der Waals surface area contributed by atoms with Crippen LogP contribution in [0.4, 0.5) is 4.79 Å². The van der Waals surface area contributed by atoms with Crippen LogP contribution in [0, 0.1) is 6.92 Å². The first-order chi connectivity index (χ1) is 14.0. The highest BCUT2D eigenvalue weighted by Crippen LogP contribution is 2.40. The number of cyclic esters (lactones) is 1. The van der Waals surface area contributed by atoms with Crippen LogP contribution in [0.5, 0.6) is 0 Å². The fraction of sp³-hybridized carbons (Fsp3) is 0.318. The van der Waals surface area contributed by atoms with E-state index in [-0.39, 0.29) is 12.1 Å². The van der Waals surface area contributed by atoms with Crippen molar-refractivity contribution in [3.05, 3.63) is 80.2 Å². The molecule has 5 nitrogen and oxygen atoms in total. The monoisotopic (exact) mass is 471 g/mol. The van der Waals surface area contributed by atoms with Gasteiger partial charge in [-0.1, -0.05) is 58.4 Å². The highest BCUT2D eigenvalue weighted by atomic mass is 79.9. The summed E-state index contributed by atoms with van der Waals surface area (Å²) in [5.74, 6) is 0. The summed E-state index contributed by atoms with van der Waals surface area (Å²) in [6.45, 7) is 4.59. The number of rotatable bonds is 5. The van der Waals surface area contributed by atoms with Gasteiger partial charge in [0.15, 0.2) is 0 Å². The van der Waals surface area contributed by atoms with Gasteiger partial charge in [0.1, 0.15) is 15.6 Å². The van der Waals surface area contributed by atoms with E-state index in [0.29, 0.717) is 19.4 Å². The lowest BCUT2D eigenvalue weighted by Crippen LogP contribution is -2.49. The Morgan fingerprint density at radius 2 is 1.90 bits per heavy atom. The summed E-state index contributed by atoms with van der Waals surface area (Å²) < 4.78 is 7.19. The summed E-state index contributed by atoms with van der Waals surface area (Å²) in [4.78, 5) is 14.9. The van der Waals surface area contributed by atoms with Gasteiger partial charge in [-0.05, 0) is 37.1 Å². The molecule has 1 aromatic heterocycles. The largest absolute Gasteiger partial charge is 0.437 e. The highest BCUT2D eigenvalue weighted by Gasteiger charge is 2.44. The van der Waals surface area contributed by atoms with Crippen LogP contribution in [0.1, 0.15) is 40.5 Å². The van der Waals surface area contributed by atoms with Crippen molar-refractivity contribution in [2.24, 2.45) is 0 Å². The van der Waals surface area contributed by atoms with E-state index in [1.165, 1.54) is 0 Å². The van der Waals surface area contributed by atoms with Crippen LogP contribution >= 0.6 is 27.3 Å². The van der Waals surface area contributed by atoms with Crippen LogP contribution in [-0.4, -0.2) is 27.7 Å². The number of aryl methyl sites for hydroxylation is 1. The quantitative estimate of drug-likeness (QED) is 0.482. The van der Waals surface area contributed by atoms with Crippen molar-refractivity contribution < 1.29 is 9.53 Å². The first-order valence-electron chi connectivity index (χ1n) is 9.56. The molecule has 7 heteroatoms. The molecule has 1 aliphatic rings. The van der Waals surface area contributed by atoms with Gasteiger partial charge in [-0.25, -0.2) is 4.79 Å². The molecule has 3 aromatic rings. The van der Waals surface area contributed by atoms with Gasteiger partial charge in [0, 0.05) is 23.9 Å². The van der Waals surface area contributed by atoms with Crippen LogP contribution in [0.25, 0.3) is 0 Å². The summed E-state index contributed by atoms with van der Waals surface area (Å²) in [5.41, 5.74) is 1.36. The van der Waals surface area contributed by atoms with Crippen LogP contribution in [0.3, 0.4) is 0 Å². The maximum absolute atomic E-state index is 13.1. The van der Waals surface area contributed by atoms with Gasteiger partial charge in [-0.3, -0.25) is 0 Å². The maximum atomic E-state index is 13.1. The Balaban J connectivity index is 1.60. The van der Waals surface area contributed by atoms with E-state index in [1.807, 2.05) is 68.4 Å². The van der Waals surface area contributed by atoms with Gasteiger partial charge >= 0.3 is 6.09 Å². The fourth-order valence-corrected chi connectivity index (χ4v) is 4.84. The number of halogens is 1. The fourth-order valence-electron chi connectivity index (χ4n) is 3.77. The Morgan fingerprint density at radius 3 is 2.52 bits per heavy atom.